The molecular weight excluding hydrogens is 580 g/mol. The number of aliphatic hydroxyl groups is 1. The van der Waals surface area contributed by atoms with E-state index in [1.807, 2.05) is 20.8 Å². The van der Waals surface area contributed by atoms with Crippen LogP contribution in [0.2, 0.25) is 0 Å². The Morgan fingerprint density at radius 1 is 1.09 bits per heavy atom. The van der Waals surface area contributed by atoms with Crippen LogP contribution in [0.25, 0.3) is 11.3 Å². The number of allylic oxidation sites excluding steroid dienone is 2. The highest BCUT2D eigenvalue weighted by Crippen LogP contribution is 2.39. The first-order valence-corrected chi connectivity index (χ1v) is 15.3. The van der Waals surface area contributed by atoms with Crippen molar-refractivity contribution in [3.05, 3.63) is 78.8 Å². The number of carbonyl (C=O) groups is 3. The van der Waals surface area contributed by atoms with Gasteiger partial charge in [0.25, 0.3) is 11.8 Å². The van der Waals surface area contributed by atoms with E-state index in [-0.39, 0.29) is 29.6 Å². The first-order valence-electron chi connectivity index (χ1n) is 15.3. The molecule has 1 aromatic heterocycles. The molecule has 1 aliphatic rings. The summed E-state index contributed by atoms with van der Waals surface area (Å²) in [4.78, 5) is 44.0. The highest BCUT2D eigenvalue weighted by molar-refractivity contribution is 6.12. The Hall–Kier alpha value is -3.96. The molecule has 2 aromatic rings. The van der Waals surface area contributed by atoms with Crippen LogP contribution in [0.5, 0.6) is 0 Å². The van der Waals surface area contributed by atoms with Crippen molar-refractivity contribution >= 4 is 17.7 Å². The van der Waals surface area contributed by atoms with E-state index in [0.717, 1.165) is 50.4 Å². The number of hydrogen-bond acceptors (Lipinski definition) is 6. The first-order chi connectivity index (χ1) is 21.4. The lowest BCUT2D eigenvalue weighted by Gasteiger charge is -2.40. The maximum Gasteiger partial charge on any atom is 0.253 e. The number of unbranched alkanes of at least 4 members (excludes halogenated alkanes) is 3. The van der Waals surface area contributed by atoms with E-state index >= 15 is 0 Å². The number of hydrogen-bond donors (Lipinski definition) is 2. The molecule has 0 radical (unpaired) electrons. The molecule has 244 valence electrons. The van der Waals surface area contributed by atoms with Crippen molar-refractivity contribution in [2.75, 3.05) is 32.8 Å². The van der Waals surface area contributed by atoms with E-state index in [9.17, 15) is 28.3 Å². The standard InChI is InChI=1S/C34H45F2N5O4/c1-6-24(2)21-39-22-28(26-20-25(35)12-13-27(26)36)38-33(39)32(34(3,4)5)41(31(45)23-42)19-11-17-37-16-9-7-8-10-18-40-29(43)14-15-30(40)44/h6,12-15,20,22,32,37,42H,1-2,7-11,16-19,21,23H2,3-5H3. The molecule has 1 aliphatic heterocycles. The molecule has 1 atom stereocenters. The van der Waals surface area contributed by atoms with Gasteiger partial charge in [0.05, 0.1) is 11.7 Å². The average Bonchev–Trinajstić information content (AvgIpc) is 3.54. The maximum atomic E-state index is 14.8. The molecule has 0 fully saturated rings. The third-order valence-electron chi connectivity index (χ3n) is 7.64. The van der Waals surface area contributed by atoms with Gasteiger partial charge in [-0.1, -0.05) is 52.8 Å². The Kier molecular flexibility index (Phi) is 12.9. The van der Waals surface area contributed by atoms with Crippen LogP contribution in [-0.2, 0) is 20.9 Å². The Morgan fingerprint density at radius 2 is 1.76 bits per heavy atom. The smallest absolute Gasteiger partial charge is 0.253 e. The monoisotopic (exact) mass is 625 g/mol. The predicted octanol–water partition coefficient (Wildman–Crippen LogP) is 4.94. The van der Waals surface area contributed by atoms with Gasteiger partial charge in [0, 0.05) is 43.5 Å². The third kappa shape index (κ3) is 9.76. The lowest BCUT2D eigenvalue weighted by atomic mass is 9.84. The molecule has 1 unspecified atom stereocenters. The van der Waals surface area contributed by atoms with Crippen LogP contribution in [0.3, 0.4) is 0 Å². The summed E-state index contributed by atoms with van der Waals surface area (Å²) in [5.74, 6) is -1.72. The Labute approximate surface area is 264 Å². The zero-order valence-electron chi connectivity index (χ0n) is 26.5. The van der Waals surface area contributed by atoms with E-state index in [1.165, 1.54) is 17.1 Å². The van der Waals surface area contributed by atoms with Gasteiger partial charge in [-0.15, -0.1) is 0 Å². The van der Waals surface area contributed by atoms with Crippen LogP contribution in [-0.4, -0.2) is 75.0 Å². The van der Waals surface area contributed by atoms with Gasteiger partial charge in [0.2, 0.25) is 5.91 Å². The summed E-state index contributed by atoms with van der Waals surface area (Å²) in [6.07, 6.45) is 9.96. The van der Waals surface area contributed by atoms with E-state index in [4.69, 9.17) is 4.98 Å². The summed E-state index contributed by atoms with van der Waals surface area (Å²) in [5, 5.41) is 13.3. The fourth-order valence-electron chi connectivity index (χ4n) is 5.39. The Bertz CT molecular complexity index is 1390. The van der Waals surface area contributed by atoms with E-state index < -0.39 is 35.6 Å². The SMILES string of the molecule is C=CC(=C)Cn1cc(-c2cc(F)ccc2F)nc1C(N(CCCNCCCCCCN1C(=O)C=CC1=O)C(=O)CO)C(C)(C)C. The van der Waals surface area contributed by atoms with Gasteiger partial charge in [-0.05, 0) is 61.5 Å². The maximum absolute atomic E-state index is 14.8. The van der Waals surface area contributed by atoms with Gasteiger partial charge in [-0.25, -0.2) is 13.8 Å². The van der Waals surface area contributed by atoms with E-state index in [1.54, 1.807) is 21.7 Å². The van der Waals surface area contributed by atoms with Crippen LogP contribution in [0.15, 0.2) is 61.4 Å². The van der Waals surface area contributed by atoms with Crippen LogP contribution in [0.4, 0.5) is 8.78 Å². The molecule has 11 heteroatoms. The minimum Gasteiger partial charge on any atom is -0.387 e. The largest absolute Gasteiger partial charge is 0.387 e. The molecule has 0 saturated heterocycles. The number of nitrogens with zero attached hydrogens (tertiary/aromatic N) is 4. The summed E-state index contributed by atoms with van der Waals surface area (Å²) in [7, 11) is 0. The lowest BCUT2D eigenvalue weighted by molar-refractivity contribution is -0.140. The molecular formula is C34H45F2N5O4. The van der Waals surface area contributed by atoms with Crippen LogP contribution < -0.4 is 5.32 Å². The number of aromatic nitrogens is 2. The number of nitrogens with one attached hydrogen (secondary N) is 1. The zero-order valence-corrected chi connectivity index (χ0v) is 26.5. The quantitative estimate of drug-likeness (QED) is 0.138. The summed E-state index contributed by atoms with van der Waals surface area (Å²) in [6.45, 7) is 15.4. The number of imide groups is 1. The number of halogens is 2. The van der Waals surface area contributed by atoms with Crippen molar-refractivity contribution in [1.82, 2.24) is 24.7 Å². The minimum absolute atomic E-state index is 0.00569. The van der Waals surface area contributed by atoms with Crippen molar-refractivity contribution in [2.45, 2.75) is 65.5 Å². The second-order valence-electron chi connectivity index (χ2n) is 12.3. The lowest BCUT2D eigenvalue weighted by Crippen LogP contribution is -2.44. The van der Waals surface area contributed by atoms with Gasteiger partial charge >= 0.3 is 0 Å². The third-order valence-corrected chi connectivity index (χ3v) is 7.64. The number of amides is 3. The molecule has 0 aliphatic carbocycles. The molecule has 3 rings (SSSR count). The van der Waals surface area contributed by atoms with Gasteiger partial charge in [0.15, 0.2) is 0 Å². The second kappa shape index (κ2) is 16.4. The molecule has 2 heterocycles. The summed E-state index contributed by atoms with van der Waals surface area (Å²) < 4.78 is 30.6. The van der Waals surface area contributed by atoms with Gasteiger partial charge < -0.3 is 19.9 Å². The van der Waals surface area contributed by atoms with Crippen molar-refractivity contribution in [1.29, 1.82) is 0 Å². The Morgan fingerprint density at radius 3 is 2.40 bits per heavy atom. The van der Waals surface area contributed by atoms with E-state index in [0.29, 0.717) is 37.5 Å². The molecule has 3 amide bonds. The highest BCUT2D eigenvalue weighted by Gasteiger charge is 2.38. The van der Waals surface area contributed by atoms with Crippen LogP contribution >= 0.6 is 0 Å². The first kappa shape index (κ1) is 35.5. The number of aliphatic hydroxyl groups excluding tert-OH is 1. The van der Waals surface area contributed by atoms with Gasteiger partial charge in [-0.3, -0.25) is 19.3 Å². The molecule has 2 N–H and O–H groups in total. The molecule has 1 aromatic carbocycles. The predicted molar refractivity (Wildman–Crippen MR) is 170 cm³/mol. The highest BCUT2D eigenvalue weighted by atomic mass is 19.1. The van der Waals surface area contributed by atoms with Crippen molar-refractivity contribution in [3.8, 4) is 11.3 Å². The summed E-state index contributed by atoms with van der Waals surface area (Å²) in [5.41, 5.74) is 0.356. The van der Waals surface area contributed by atoms with Crippen molar-refractivity contribution in [2.24, 2.45) is 5.41 Å². The summed E-state index contributed by atoms with van der Waals surface area (Å²) in [6, 6.07) is 2.59. The Balaban J connectivity index is 1.67. The van der Waals surface area contributed by atoms with Crippen molar-refractivity contribution in [3.63, 3.8) is 0 Å². The van der Waals surface area contributed by atoms with E-state index in [2.05, 4.69) is 18.5 Å². The number of benzene rings is 1. The van der Waals surface area contributed by atoms with Crippen molar-refractivity contribution < 1.29 is 28.3 Å². The molecule has 0 spiro atoms. The number of rotatable bonds is 18. The fourth-order valence-corrected chi connectivity index (χ4v) is 5.39. The molecule has 0 bridgehead atoms. The number of imidazole rings is 1. The normalized spacial score (nSPS) is 13.9. The fraction of sp³-hybridized carbons (Fsp3) is 0.471. The molecule has 9 nitrogen and oxygen atoms in total. The zero-order chi connectivity index (χ0) is 33.1. The summed E-state index contributed by atoms with van der Waals surface area (Å²) >= 11 is 0. The second-order valence-corrected chi connectivity index (χ2v) is 12.3. The van der Waals surface area contributed by atoms with Crippen LogP contribution in [0.1, 0.15) is 64.7 Å². The number of carbonyl (C=O) groups excluding carboxylic acids is 3. The average molecular weight is 626 g/mol. The molecule has 0 saturated carbocycles. The molecule has 45 heavy (non-hydrogen) atoms. The van der Waals surface area contributed by atoms with Crippen LogP contribution in [0, 0.1) is 17.0 Å². The minimum atomic E-state index is -0.684. The van der Waals surface area contributed by atoms with Gasteiger partial charge in [0.1, 0.15) is 24.1 Å². The topological polar surface area (TPSA) is 108 Å². The van der Waals surface area contributed by atoms with Gasteiger partial charge in [-0.2, -0.15) is 0 Å².